The Morgan fingerprint density at radius 2 is 1.91 bits per heavy atom. The molecule has 5 aliphatic rings. The molecule has 9 rings (SSSR count). The van der Waals surface area contributed by atoms with Crippen LogP contribution in [-0.2, 0) is 9.47 Å². The van der Waals surface area contributed by atoms with E-state index in [2.05, 4.69) is 14.8 Å². The van der Waals surface area contributed by atoms with Crippen molar-refractivity contribution in [2.75, 3.05) is 51.7 Å². The minimum atomic E-state index is -0.960. The van der Waals surface area contributed by atoms with Gasteiger partial charge in [-0.1, -0.05) is 12.1 Å². The molecule has 2 aromatic heterocycles. The minimum Gasteiger partial charge on any atom is -0.475 e. The number of piperazine rings is 1. The first-order chi connectivity index (χ1) is 25.9. The zero-order valence-electron chi connectivity index (χ0n) is 30.7. The fourth-order valence-corrected chi connectivity index (χ4v) is 9.31. The lowest BCUT2D eigenvalue weighted by Crippen LogP contribution is -2.63. The van der Waals surface area contributed by atoms with Gasteiger partial charge in [0.15, 0.2) is 12.6 Å². The number of fused-ring (bicyclic) bond motifs is 7. The number of carbonyl (C=O) groups excluding carboxylic acids is 1. The Balaban J connectivity index is 1.19. The van der Waals surface area contributed by atoms with Crippen LogP contribution >= 0.6 is 0 Å². The van der Waals surface area contributed by atoms with Gasteiger partial charge in [-0.3, -0.25) is 9.80 Å². The van der Waals surface area contributed by atoms with Crippen LogP contribution in [0.1, 0.15) is 52.9 Å². The SMILES string of the molecule is COCOc1cc(-c2nc3c4c(nc(OC[C@@]56CCCN5C[C@H](F)C6)nc4c2F)N2C[C@@H]4CC[C@H]([C@@H]2CO3)N4C(=O)OC(C)(C)C)c2c(F)cccc2c1. The number of benzene rings is 2. The van der Waals surface area contributed by atoms with E-state index in [-0.39, 0.29) is 71.5 Å². The van der Waals surface area contributed by atoms with Crippen LogP contribution in [0.3, 0.4) is 0 Å². The Bertz CT molecular complexity index is 2150. The van der Waals surface area contributed by atoms with Crippen molar-refractivity contribution in [2.45, 2.75) is 88.3 Å². The van der Waals surface area contributed by atoms with Gasteiger partial charge >= 0.3 is 12.1 Å². The normalized spacial score (nSPS) is 26.1. The lowest BCUT2D eigenvalue weighted by Gasteiger charge is -2.46. The first-order valence-corrected chi connectivity index (χ1v) is 18.6. The third-order valence-corrected chi connectivity index (χ3v) is 11.5. The molecule has 54 heavy (non-hydrogen) atoms. The van der Waals surface area contributed by atoms with Crippen LogP contribution in [-0.4, -0.2) is 113 Å². The molecular formula is C39H43F3N6O6. The van der Waals surface area contributed by atoms with E-state index in [9.17, 15) is 9.18 Å². The Morgan fingerprint density at radius 1 is 1.06 bits per heavy atom. The third kappa shape index (κ3) is 5.81. The van der Waals surface area contributed by atoms with Crippen LogP contribution in [0.2, 0.25) is 0 Å². The van der Waals surface area contributed by atoms with E-state index < -0.39 is 41.1 Å². The van der Waals surface area contributed by atoms with Crippen LogP contribution in [0, 0.1) is 11.6 Å². The smallest absolute Gasteiger partial charge is 0.410 e. The van der Waals surface area contributed by atoms with E-state index in [1.165, 1.54) is 19.2 Å². The number of methoxy groups -OCH3 is 1. The topological polar surface area (TPSA) is 112 Å². The molecule has 286 valence electrons. The summed E-state index contributed by atoms with van der Waals surface area (Å²) in [5, 5.41) is 0.862. The van der Waals surface area contributed by atoms with Crippen molar-refractivity contribution in [3.8, 4) is 28.9 Å². The predicted octanol–water partition coefficient (Wildman–Crippen LogP) is 6.41. The first kappa shape index (κ1) is 35.1. The average Bonchev–Trinajstić information content (AvgIpc) is 3.73. The van der Waals surface area contributed by atoms with Gasteiger partial charge in [0.1, 0.15) is 59.0 Å². The third-order valence-electron chi connectivity index (χ3n) is 11.5. The van der Waals surface area contributed by atoms with Gasteiger partial charge in [-0.15, -0.1) is 0 Å². The first-order valence-electron chi connectivity index (χ1n) is 18.6. The molecule has 4 aromatic rings. The van der Waals surface area contributed by atoms with Crippen molar-refractivity contribution in [1.82, 2.24) is 24.8 Å². The second-order valence-electron chi connectivity index (χ2n) is 16.1. The van der Waals surface area contributed by atoms with Crippen LogP contribution in [0.15, 0.2) is 30.3 Å². The zero-order valence-corrected chi connectivity index (χ0v) is 30.7. The molecule has 5 atom stereocenters. The second-order valence-corrected chi connectivity index (χ2v) is 16.1. The Hall–Kier alpha value is -4.63. The number of ether oxygens (including phenoxy) is 5. The molecule has 0 spiro atoms. The van der Waals surface area contributed by atoms with Crippen LogP contribution in [0.4, 0.5) is 23.8 Å². The summed E-state index contributed by atoms with van der Waals surface area (Å²) in [4.78, 5) is 33.8. The molecule has 0 N–H and O–H groups in total. The van der Waals surface area contributed by atoms with Gasteiger partial charge in [0, 0.05) is 37.6 Å². The van der Waals surface area contributed by atoms with Gasteiger partial charge in [0.25, 0.3) is 0 Å². The summed E-state index contributed by atoms with van der Waals surface area (Å²) in [6, 6.07) is 6.81. The van der Waals surface area contributed by atoms with Crippen LogP contribution < -0.4 is 19.1 Å². The fraction of sp³-hybridized carbons (Fsp3) is 0.538. The number of hydrogen-bond acceptors (Lipinski definition) is 11. The summed E-state index contributed by atoms with van der Waals surface area (Å²) in [6.07, 6.45) is 2.13. The molecule has 0 unspecified atom stereocenters. The number of amides is 1. The van der Waals surface area contributed by atoms with Gasteiger partial charge < -0.3 is 28.6 Å². The van der Waals surface area contributed by atoms with E-state index in [0.29, 0.717) is 42.9 Å². The van der Waals surface area contributed by atoms with E-state index in [0.717, 1.165) is 25.8 Å². The molecule has 4 saturated heterocycles. The van der Waals surface area contributed by atoms with Crippen molar-refractivity contribution in [1.29, 1.82) is 0 Å². The number of anilines is 1. The molecule has 0 radical (unpaired) electrons. The number of alkyl halides is 1. The van der Waals surface area contributed by atoms with Gasteiger partial charge in [-0.05, 0) is 76.6 Å². The van der Waals surface area contributed by atoms with Crippen LogP contribution in [0.5, 0.6) is 17.6 Å². The van der Waals surface area contributed by atoms with Crippen LogP contribution in [0.25, 0.3) is 32.9 Å². The summed E-state index contributed by atoms with van der Waals surface area (Å²) in [6.45, 7) is 7.17. The Kier molecular flexibility index (Phi) is 8.45. The van der Waals surface area contributed by atoms with Crippen molar-refractivity contribution < 1.29 is 41.7 Å². The number of aromatic nitrogens is 3. The molecular weight excluding hydrogens is 705 g/mol. The zero-order chi connectivity index (χ0) is 37.5. The van der Waals surface area contributed by atoms with E-state index in [1.54, 1.807) is 18.2 Å². The minimum absolute atomic E-state index is 0.0705. The maximum absolute atomic E-state index is 17.4. The number of halogens is 3. The highest BCUT2D eigenvalue weighted by atomic mass is 19.1. The molecule has 5 aliphatic heterocycles. The second kappa shape index (κ2) is 13.0. The Labute approximate surface area is 310 Å². The van der Waals surface area contributed by atoms with Crippen molar-refractivity contribution in [2.24, 2.45) is 0 Å². The average molecular weight is 749 g/mol. The summed E-state index contributed by atoms with van der Waals surface area (Å²) in [7, 11) is 1.48. The van der Waals surface area contributed by atoms with Gasteiger partial charge in [0.2, 0.25) is 5.88 Å². The molecule has 1 amide bonds. The Morgan fingerprint density at radius 3 is 2.72 bits per heavy atom. The molecule has 15 heteroatoms. The lowest BCUT2D eigenvalue weighted by molar-refractivity contribution is 0.00537. The quantitative estimate of drug-likeness (QED) is 0.196. The highest BCUT2D eigenvalue weighted by molar-refractivity contribution is 6.02. The molecule has 7 heterocycles. The van der Waals surface area contributed by atoms with Gasteiger partial charge in [-0.25, -0.2) is 22.9 Å². The fourth-order valence-electron chi connectivity index (χ4n) is 9.31. The highest BCUT2D eigenvalue weighted by Gasteiger charge is 2.52. The van der Waals surface area contributed by atoms with Crippen molar-refractivity contribution in [3.63, 3.8) is 0 Å². The van der Waals surface area contributed by atoms with Gasteiger partial charge in [-0.2, -0.15) is 9.97 Å². The number of rotatable bonds is 7. The predicted molar refractivity (Wildman–Crippen MR) is 193 cm³/mol. The highest BCUT2D eigenvalue weighted by Crippen LogP contribution is 2.47. The number of nitrogens with zero attached hydrogens (tertiary/aromatic N) is 6. The van der Waals surface area contributed by atoms with Crippen molar-refractivity contribution >= 4 is 33.6 Å². The van der Waals surface area contributed by atoms with Gasteiger partial charge in [0.05, 0.1) is 23.7 Å². The molecule has 0 saturated carbocycles. The van der Waals surface area contributed by atoms with E-state index in [1.807, 2.05) is 25.7 Å². The molecule has 0 aliphatic carbocycles. The van der Waals surface area contributed by atoms with E-state index in [4.69, 9.17) is 33.7 Å². The number of hydrogen-bond donors (Lipinski definition) is 0. The summed E-state index contributed by atoms with van der Waals surface area (Å²) in [5.41, 5.74) is -1.35. The molecule has 4 fully saturated rings. The lowest BCUT2D eigenvalue weighted by atomic mass is 9.95. The molecule has 2 bridgehead atoms. The summed E-state index contributed by atoms with van der Waals surface area (Å²) in [5.74, 6) is -0.626. The number of carbonyl (C=O) groups is 1. The van der Waals surface area contributed by atoms with E-state index >= 15 is 8.78 Å². The monoisotopic (exact) mass is 748 g/mol. The molecule has 2 aromatic carbocycles. The summed E-state index contributed by atoms with van der Waals surface area (Å²) < 4.78 is 77.2. The van der Waals surface area contributed by atoms with Crippen molar-refractivity contribution in [3.05, 3.63) is 42.0 Å². The number of pyridine rings is 1. The largest absolute Gasteiger partial charge is 0.475 e. The maximum atomic E-state index is 17.4. The standard InChI is InChI=1S/C39H43F3N6O6/c1-38(2,3)54-37(49)48-23-9-10-27(48)28-18-51-35-30-33(31(42)32(43-35)25-14-24(53-20-50-4)13-21-7-5-8-26(41)29(21)25)44-36(45-34(30)47(28)17-23)52-19-39-11-6-12-46(39)16-22(40)15-39/h5,7-8,13-14,22-23,27-28H,6,9-12,15-20H2,1-4H3/t22-,23+,27-,28+,39+/m1/s1. The summed E-state index contributed by atoms with van der Waals surface area (Å²) >= 11 is 0. The maximum Gasteiger partial charge on any atom is 0.410 e. The molecule has 12 nitrogen and oxygen atoms in total.